The van der Waals surface area contributed by atoms with Crippen LogP contribution in [0.2, 0.25) is 0 Å². The van der Waals surface area contributed by atoms with E-state index in [1.165, 1.54) is 0 Å². The summed E-state index contributed by atoms with van der Waals surface area (Å²) in [6.45, 7) is 3.59. The highest BCUT2D eigenvalue weighted by Crippen LogP contribution is 2.13. The van der Waals surface area contributed by atoms with Crippen molar-refractivity contribution in [1.82, 2.24) is 10.6 Å². The van der Waals surface area contributed by atoms with Crippen LogP contribution in [0.5, 0.6) is 0 Å². The topological polar surface area (TPSA) is 75.3 Å². The molecule has 0 saturated carbocycles. The van der Waals surface area contributed by atoms with Crippen molar-refractivity contribution in [3.63, 3.8) is 0 Å². The molecule has 1 fully saturated rings. The summed E-state index contributed by atoms with van der Waals surface area (Å²) >= 11 is 0. The summed E-state index contributed by atoms with van der Waals surface area (Å²) in [6, 6.07) is -0.0105. The van der Waals surface area contributed by atoms with E-state index in [1.54, 1.807) is 20.9 Å². The van der Waals surface area contributed by atoms with Gasteiger partial charge in [0.05, 0.1) is 17.0 Å². The molecule has 94 valence electrons. The number of carbonyl (C=O) groups is 1. The smallest absolute Gasteiger partial charge is 0.239 e. The maximum Gasteiger partial charge on any atom is 0.239 e. The maximum absolute atomic E-state index is 11.8. The van der Waals surface area contributed by atoms with Gasteiger partial charge in [-0.1, -0.05) is 0 Å². The Balaban J connectivity index is 2.49. The number of amides is 1. The summed E-state index contributed by atoms with van der Waals surface area (Å²) < 4.78 is 22.4. The molecule has 0 unspecified atom stereocenters. The Morgan fingerprint density at radius 1 is 1.25 bits per heavy atom. The normalized spacial score (nSPS) is 21.7. The van der Waals surface area contributed by atoms with Crippen LogP contribution in [-0.2, 0) is 14.6 Å². The van der Waals surface area contributed by atoms with E-state index >= 15 is 0 Å². The zero-order valence-corrected chi connectivity index (χ0v) is 10.9. The van der Waals surface area contributed by atoms with Crippen molar-refractivity contribution >= 4 is 15.7 Å². The minimum Gasteiger partial charge on any atom is -0.352 e. The fraction of sp³-hybridized carbons (Fsp3) is 0.900. The number of sulfone groups is 1. The van der Waals surface area contributed by atoms with Crippen LogP contribution >= 0.6 is 0 Å². The fourth-order valence-corrected chi connectivity index (χ4v) is 3.01. The van der Waals surface area contributed by atoms with E-state index in [9.17, 15) is 13.2 Å². The average molecular weight is 248 g/mol. The van der Waals surface area contributed by atoms with E-state index in [1.807, 2.05) is 0 Å². The maximum atomic E-state index is 11.8. The Morgan fingerprint density at radius 2 is 1.75 bits per heavy atom. The molecule has 16 heavy (non-hydrogen) atoms. The number of hydrogen-bond donors (Lipinski definition) is 2. The number of likely N-dealkylation sites (N-methyl/N-ethyl adjacent to an activating group) is 1. The lowest BCUT2D eigenvalue weighted by Crippen LogP contribution is -2.54. The molecule has 0 spiro atoms. The lowest BCUT2D eigenvalue weighted by molar-refractivity contribution is -0.127. The zero-order chi connectivity index (χ0) is 12.4. The highest BCUT2D eigenvalue weighted by molar-refractivity contribution is 7.91. The summed E-state index contributed by atoms with van der Waals surface area (Å²) in [4.78, 5) is 11.8. The van der Waals surface area contributed by atoms with E-state index in [0.29, 0.717) is 12.8 Å². The first kappa shape index (κ1) is 13.4. The minimum absolute atomic E-state index is 0.0105. The second-order valence-electron chi connectivity index (χ2n) is 4.77. The van der Waals surface area contributed by atoms with Crippen LogP contribution in [0.15, 0.2) is 0 Å². The third-order valence-electron chi connectivity index (χ3n) is 3.08. The van der Waals surface area contributed by atoms with Crippen LogP contribution in [0, 0.1) is 0 Å². The first-order chi connectivity index (χ1) is 7.27. The summed E-state index contributed by atoms with van der Waals surface area (Å²) in [7, 11) is -1.13. The number of nitrogens with one attached hydrogen (secondary N) is 2. The molecule has 5 nitrogen and oxygen atoms in total. The van der Waals surface area contributed by atoms with Crippen molar-refractivity contribution < 1.29 is 13.2 Å². The molecular weight excluding hydrogens is 228 g/mol. The molecule has 1 saturated heterocycles. The van der Waals surface area contributed by atoms with Gasteiger partial charge in [0.2, 0.25) is 5.91 Å². The first-order valence-corrected chi connectivity index (χ1v) is 7.29. The predicted molar refractivity (Wildman–Crippen MR) is 63.0 cm³/mol. The van der Waals surface area contributed by atoms with Crippen molar-refractivity contribution in [3.8, 4) is 0 Å². The Bertz CT molecular complexity index is 348. The molecule has 0 aliphatic carbocycles. The molecule has 0 aromatic rings. The summed E-state index contributed by atoms with van der Waals surface area (Å²) in [6.07, 6.45) is 1.04. The van der Waals surface area contributed by atoms with Gasteiger partial charge in [-0.2, -0.15) is 0 Å². The summed E-state index contributed by atoms with van der Waals surface area (Å²) in [5.74, 6) is 0.273. The van der Waals surface area contributed by atoms with E-state index in [-0.39, 0.29) is 23.5 Å². The third-order valence-corrected chi connectivity index (χ3v) is 4.80. The molecule has 1 aliphatic rings. The van der Waals surface area contributed by atoms with Gasteiger partial charge >= 0.3 is 0 Å². The summed E-state index contributed by atoms with van der Waals surface area (Å²) in [5, 5.41) is 5.80. The molecule has 6 heteroatoms. The monoisotopic (exact) mass is 248 g/mol. The van der Waals surface area contributed by atoms with Crippen LogP contribution in [-0.4, -0.2) is 44.5 Å². The van der Waals surface area contributed by atoms with Gasteiger partial charge in [-0.25, -0.2) is 8.42 Å². The molecule has 2 N–H and O–H groups in total. The van der Waals surface area contributed by atoms with Crippen molar-refractivity contribution in [2.24, 2.45) is 0 Å². The van der Waals surface area contributed by atoms with Gasteiger partial charge in [0.25, 0.3) is 0 Å². The van der Waals surface area contributed by atoms with Crippen molar-refractivity contribution in [2.45, 2.75) is 38.3 Å². The van der Waals surface area contributed by atoms with E-state index in [0.717, 1.165) is 0 Å². The third kappa shape index (κ3) is 3.45. The molecule has 0 aromatic carbocycles. The SMILES string of the molecule is CNC(C)(C)C(=O)NC1CCS(=O)(=O)CC1. The molecule has 0 radical (unpaired) electrons. The number of hydrogen-bond acceptors (Lipinski definition) is 4. The van der Waals surface area contributed by atoms with Gasteiger partial charge < -0.3 is 10.6 Å². The molecule has 1 heterocycles. The van der Waals surface area contributed by atoms with Crippen molar-refractivity contribution in [2.75, 3.05) is 18.6 Å². The molecule has 0 bridgehead atoms. The van der Waals surface area contributed by atoms with Crippen LogP contribution in [0.3, 0.4) is 0 Å². The standard InChI is InChI=1S/C10H20N2O3S/c1-10(2,11-3)9(13)12-8-4-6-16(14,15)7-5-8/h8,11H,4-7H2,1-3H3,(H,12,13). The molecular formula is C10H20N2O3S. The van der Waals surface area contributed by atoms with Crippen LogP contribution in [0.4, 0.5) is 0 Å². The second-order valence-corrected chi connectivity index (χ2v) is 7.08. The lowest BCUT2D eigenvalue weighted by atomic mass is 10.0. The minimum atomic E-state index is -2.86. The van der Waals surface area contributed by atoms with Gasteiger partial charge in [-0.05, 0) is 33.7 Å². The van der Waals surface area contributed by atoms with Crippen LogP contribution < -0.4 is 10.6 Å². The molecule has 0 atom stereocenters. The van der Waals surface area contributed by atoms with Gasteiger partial charge in [0, 0.05) is 6.04 Å². The molecule has 0 aromatic heterocycles. The summed E-state index contributed by atoms with van der Waals surface area (Å²) in [5.41, 5.74) is -0.615. The van der Waals surface area contributed by atoms with Gasteiger partial charge in [-0.15, -0.1) is 0 Å². The fourth-order valence-electron chi connectivity index (χ4n) is 1.51. The average Bonchev–Trinajstić information content (AvgIpc) is 2.21. The Kier molecular flexibility index (Phi) is 3.96. The Hall–Kier alpha value is -0.620. The van der Waals surface area contributed by atoms with Gasteiger partial charge in [-0.3, -0.25) is 4.79 Å². The van der Waals surface area contributed by atoms with Gasteiger partial charge in [0.15, 0.2) is 0 Å². The van der Waals surface area contributed by atoms with Crippen LogP contribution in [0.25, 0.3) is 0 Å². The second kappa shape index (κ2) is 4.71. The van der Waals surface area contributed by atoms with Crippen molar-refractivity contribution in [1.29, 1.82) is 0 Å². The molecule has 1 rings (SSSR count). The predicted octanol–water partition coefficient (Wildman–Crippen LogP) is -0.322. The number of carbonyl (C=O) groups excluding carboxylic acids is 1. The Morgan fingerprint density at radius 3 is 2.19 bits per heavy atom. The number of rotatable bonds is 3. The van der Waals surface area contributed by atoms with E-state index < -0.39 is 15.4 Å². The highest BCUT2D eigenvalue weighted by Gasteiger charge is 2.30. The van der Waals surface area contributed by atoms with Crippen molar-refractivity contribution in [3.05, 3.63) is 0 Å². The first-order valence-electron chi connectivity index (χ1n) is 5.47. The van der Waals surface area contributed by atoms with Crippen LogP contribution in [0.1, 0.15) is 26.7 Å². The Labute approximate surface area is 96.9 Å². The zero-order valence-electron chi connectivity index (χ0n) is 10.0. The quantitative estimate of drug-likeness (QED) is 0.717. The van der Waals surface area contributed by atoms with E-state index in [4.69, 9.17) is 0 Å². The van der Waals surface area contributed by atoms with Gasteiger partial charge in [0.1, 0.15) is 9.84 Å². The largest absolute Gasteiger partial charge is 0.352 e. The lowest BCUT2D eigenvalue weighted by Gasteiger charge is -2.28. The van der Waals surface area contributed by atoms with E-state index in [2.05, 4.69) is 10.6 Å². The molecule has 1 amide bonds. The molecule has 1 aliphatic heterocycles. The highest BCUT2D eigenvalue weighted by atomic mass is 32.2.